The van der Waals surface area contributed by atoms with Crippen LogP contribution in [0.3, 0.4) is 0 Å². The van der Waals surface area contributed by atoms with Gasteiger partial charge in [-0.3, -0.25) is 0 Å². The second kappa shape index (κ2) is 6.15. The summed E-state index contributed by atoms with van der Waals surface area (Å²) in [7, 11) is 0. The summed E-state index contributed by atoms with van der Waals surface area (Å²) in [4.78, 5) is 5.64. The topological polar surface area (TPSA) is 24.9 Å². The Balaban J connectivity index is 1.88. The fourth-order valence-corrected chi connectivity index (χ4v) is 4.03. The smallest absolute Gasteiger partial charge is 0.152 e. The molecule has 106 valence electrons. The maximum absolute atomic E-state index is 6.24. The zero-order chi connectivity index (χ0) is 13.9. The number of hydrogen-bond donors (Lipinski definition) is 1. The Bertz CT molecular complexity index is 562. The molecule has 0 saturated heterocycles. The molecule has 0 aromatic carbocycles. The van der Waals surface area contributed by atoms with Gasteiger partial charge in [0.25, 0.3) is 0 Å². The van der Waals surface area contributed by atoms with Gasteiger partial charge < -0.3 is 5.32 Å². The van der Waals surface area contributed by atoms with Crippen molar-refractivity contribution in [2.24, 2.45) is 5.92 Å². The minimum atomic E-state index is 0.360. The van der Waals surface area contributed by atoms with E-state index in [-0.39, 0.29) is 0 Å². The molecule has 1 atom stereocenters. The molecular weight excluding hydrogens is 288 g/mol. The van der Waals surface area contributed by atoms with Crippen LogP contribution in [0.1, 0.15) is 42.2 Å². The molecule has 4 heteroatoms. The number of hydrogen-bond acceptors (Lipinski definition) is 3. The fraction of sp³-hybridized carbons (Fsp3) is 0.438. The van der Waals surface area contributed by atoms with E-state index in [4.69, 9.17) is 11.6 Å². The Morgan fingerprint density at radius 2 is 2.20 bits per heavy atom. The van der Waals surface area contributed by atoms with Gasteiger partial charge in [-0.1, -0.05) is 30.5 Å². The monoisotopic (exact) mass is 306 g/mol. The molecule has 0 radical (unpaired) electrons. The molecule has 1 saturated carbocycles. The minimum absolute atomic E-state index is 0.360. The van der Waals surface area contributed by atoms with E-state index in [1.165, 1.54) is 30.6 Å². The molecule has 3 rings (SSSR count). The molecule has 1 N–H and O–H groups in total. The summed E-state index contributed by atoms with van der Waals surface area (Å²) in [5.74, 6) is 0.699. The van der Waals surface area contributed by atoms with Gasteiger partial charge >= 0.3 is 0 Å². The van der Waals surface area contributed by atoms with Crippen LogP contribution < -0.4 is 5.32 Å². The van der Waals surface area contributed by atoms with E-state index in [1.807, 2.05) is 24.5 Å². The molecule has 2 aromatic rings. The second-order valence-electron chi connectivity index (χ2n) is 5.53. The summed E-state index contributed by atoms with van der Waals surface area (Å²) >= 11 is 8.06. The van der Waals surface area contributed by atoms with E-state index in [0.717, 1.165) is 11.3 Å². The molecule has 0 aliphatic heterocycles. The van der Waals surface area contributed by atoms with E-state index in [2.05, 4.69) is 33.9 Å². The van der Waals surface area contributed by atoms with Gasteiger partial charge in [-0.15, -0.1) is 11.3 Å². The number of pyridine rings is 1. The van der Waals surface area contributed by atoms with Crippen LogP contribution in [0.2, 0.25) is 5.15 Å². The quantitative estimate of drug-likeness (QED) is 0.760. The molecule has 20 heavy (non-hydrogen) atoms. The highest BCUT2D eigenvalue weighted by Gasteiger charge is 2.27. The predicted octanol–water partition coefficient (Wildman–Crippen LogP) is 5.45. The molecule has 2 aromatic heterocycles. The van der Waals surface area contributed by atoms with E-state index >= 15 is 0 Å². The highest BCUT2D eigenvalue weighted by atomic mass is 35.5. The summed E-state index contributed by atoms with van der Waals surface area (Å²) in [5.41, 5.74) is 2.09. The van der Waals surface area contributed by atoms with E-state index in [0.29, 0.717) is 17.1 Å². The van der Waals surface area contributed by atoms with Gasteiger partial charge in [0, 0.05) is 11.1 Å². The van der Waals surface area contributed by atoms with Gasteiger partial charge in [0.1, 0.15) is 0 Å². The first-order chi connectivity index (χ1) is 9.74. The van der Waals surface area contributed by atoms with Gasteiger partial charge in [-0.2, -0.15) is 0 Å². The van der Waals surface area contributed by atoms with E-state index in [9.17, 15) is 0 Å². The normalized spacial score (nSPS) is 17.3. The summed E-state index contributed by atoms with van der Waals surface area (Å²) in [5, 5.41) is 6.36. The summed E-state index contributed by atoms with van der Waals surface area (Å²) < 4.78 is 0. The Morgan fingerprint density at radius 3 is 2.90 bits per heavy atom. The lowest BCUT2D eigenvalue weighted by molar-refractivity contribution is 0.475. The van der Waals surface area contributed by atoms with Gasteiger partial charge in [-0.05, 0) is 48.8 Å². The van der Waals surface area contributed by atoms with Crippen molar-refractivity contribution in [3.63, 3.8) is 0 Å². The van der Waals surface area contributed by atoms with Crippen LogP contribution >= 0.6 is 22.9 Å². The summed E-state index contributed by atoms with van der Waals surface area (Å²) in [6.07, 6.45) is 7.09. The maximum atomic E-state index is 6.24. The summed E-state index contributed by atoms with van der Waals surface area (Å²) in [6, 6.07) is 6.79. The zero-order valence-corrected chi connectivity index (χ0v) is 13.2. The minimum Gasteiger partial charge on any atom is -0.375 e. The predicted molar refractivity (Wildman–Crippen MR) is 86.6 cm³/mol. The Morgan fingerprint density at radius 1 is 1.40 bits per heavy atom. The lowest BCUT2D eigenvalue weighted by Crippen LogP contribution is -2.18. The van der Waals surface area contributed by atoms with Crippen LogP contribution in [0.5, 0.6) is 0 Å². The number of anilines is 1. The molecule has 1 aliphatic rings. The van der Waals surface area contributed by atoms with Crippen LogP contribution in [0, 0.1) is 12.8 Å². The summed E-state index contributed by atoms with van der Waals surface area (Å²) in [6.45, 7) is 2.05. The molecule has 0 bridgehead atoms. The van der Waals surface area contributed by atoms with Crippen molar-refractivity contribution in [1.82, 2.24) is 4.98 Å². The molecule has 1 aliphatic carbocycles. The number of aromatic nitrogens is 1. The first kappa shape index (κ1) is 13.9. The fourth-order valence-electron chi connectivity index (χ4n) is 3.00. The van der Waals surface area contributed by atoms with E-state index < -0.39 is 0 Å². The molecule has 1 fully saturated rings. The van der Waals surface area contributed by atoms with Crippen molar-refractivity contribution in [3.05, 3.63) is 45.4 Å². The molecule has 0 spiro atoms. The SMILES string of the molecule is Cc1cnc(Cl)c(NC(c2cccs2)C2CCCC2)c1. The number of nitrogens with one attached hydrogen (secondary N) is 1. The third-order valence-electron chi connectivity index (χ3n) is 4.01. The van der Waals surface area contributed by atoms with Crippen LogP contribution in [0.4, 0.5) is 5.69 Å². The average molecular weight is 307 g/mol. The average Bonchev–Trinajstić information content (AvgIpc) is 3.12. The highest BCUT2D eigenvalue weighted by Crippen LogP contribution is 2.40. The van der Waals surface area contributed by atoms with Gasteiger partial charge in [0.05, 0.1) is 11.7 Å². The van der Waals surface area contributed by atoms with Crippen LogP contribution in [-0.4, -0.2) is 4.98 Å². The lowest BCUT2D eigenvalue weighted by Gasteiger charge is -2.25. The van der Waals surface area contributed by atoms with Crippen molar-refractivity contribution >= 4 is 28.6 Å². The number of rotatable bonds is 4. The second-order valence-corrected chi connectivity index (χ2v) is 6.87. The lowest BCUT2D eigenvalue weighted by atomic mass is 9.96. The molecule has 2 nitrogen and oxygen atoms in total. The molecule has 1 unspecified atom stereocenters. The van der Waals surface area contributed by atoms with Crippen molar-refractivity contribution in [3.8, 4) is 0 Å². The van der Waals surface area contributed by atoms with Crippen LogP contribution in [0.15, 0.2) is 29.8 Å². The van der Waals surface area contributed by atoms with Gasteiger partial charge in [0.2, 0.25) is 0 Å². The Hall–Kier alpha value is -1.06. The van der Waals surface area contributed by atoms with Crippen molar-refractivity contribution in [2.45, 2.75) is 38.6 Å². The molecule has 2 heterocycles. The first-order valence-electron chi connectivity index (χ1n) is 7.16. The van der Waals surface area contributed by atoms with Gasteiger partial charge in [0.15, 0.2) is 5.15 Å². The zero-order valence-electron chi connectivity index (χ0n) is 11.6. The Kier molecular flexibility index (Phi) is 4.27. The highest BCUT2D eigenvalue weighted by molar-refractivity contribution is 7.10. The van der Waals surface area contributed by atoms with Crippen molar-refractivity contribution < 1.29 is 0 Å². The number of nitrogens with zero attached hydrogens (tertiary/aromatic N) is 1. The number of halogens is 1. The standard InChI is InChI=1S/C16H19ClN2S/c1-11-9-13(16(17)18-10-11)19-15(12-5-2-3-6-12)14-7-4-8-20-14/h4,7-10,12,15,19H,2-3,5-6H2,1H3. The van der Waals surface area contributed by atoms with Gasteiger partial charge in [-0.25, -0.2) is 4.98 Å². The largest absolute Gasteiger partial charge is 0.375 e. The Labute approximate surface area is 129 Å². The third-order valence-corrected chi connectivity index (χ3v) is 5.26. The van der Waals surface area contributed by atoms with Crippen LogP contribution in [0.25, 0.3) is 0 Å². The van der Waals surface area contributed by atoms with E-state index in [1.54, 1.807) is 0 Å². The van der Waals surface area contributed by atoms with Crippen molar-refractivity contribution in [1.29, 1.82) is 0 Å². The third kappa shape index (κ3) is 2.99. The number of aryl methyl sites for hydroxylation is 1. The van der Waals surface area contributed by atoms with Crippen molar-refractivity contribution in [2.75, 3.05) is 5.32 Å². The number of thiophene rings is 1. The molecular formula is C16H19ClN2S. The molecule has 0 amide bonds. The first-order valence-corrected chi connectivity index (χ1v) is 8.42. The maximum Gasteiger partial charge on any atom is 0.152 e. The van der Waals surface area contributed by atoms with Crippen LogP contribution in [-0.2, 0) is 0 Å².